The van der Waals surface area contributed by atoms with Crippen LogP contribution in [-0.4, -0.2) is 23.8 Å². The molecule has 8 nitrogen and oxygen atoms in total. The van der Waals surface area contributed by atoms with Crippen LogP contribution in [0, 0.1) is 0 Å². The minimum Gasteiger partial charge on any atom is -0.352 e. The molecule has 1 unspecified atom stereocenters. The van der Waals surface area contributed by atoms with Gasteiger partial charge in [0.2, 0.25) is 11.8 Å². The average Bonchev–Trinajstić information content (AvgIpc) is 2.74. The van der Waals surface area contributed by atoms with E-state index in [2.05, 4.69) is 16.0 Å². The number of hydrogen-bond donors (Lipinski definition) is 4. The molecular formula is C22H24N4O4. The molecule has 1 saturated heterocycles. The molecule has 30 heavy (non-hydrogen) atoms. The van der Waals surface area contributed by atoms with Gasteiger partial charge in [-0.15, -0.1) is 0 Å². The van der Waals surface area contributed by atoms with Crippen LogP contribution in [0.2, 0.25) is 0 Å². The Morgan fingerprint density at radius 2 is 1.73 bits per heavy atom. The molecule has 1 atom stereocenters. The first-order valence-corrected chi connectivity index (χ1v) is 9.72. The molecule has 1 heterocycles. The molecule has 0 bridgehead atoms. The van der Waals surface area contributed by atoms with Gasteiger partial charge in [-0.1, -0.05) is 31.2 Å². The van der Waals surface area contributed by atoms with Gasteiger partial charge in [-0.25, -0.2) is 4.79 Å². The topological polar surface area (TPSA) is 130 Å². The summed E-state index contributed by atoms with van der Waals surface area (Å²) in [5.41, 5.74) is 7.02. The predicted molar refractivity (Wildman–Crippen MR) is 112 cm³/mol. The molecule has 0 aromatic heterocycles. The lowest BCUT2D eigenvalue weighted by molar-refractivity contribution is -0.138. The smallest absolute Gasteiger partial charge is 0.312 e. The standard InChI is InChI=1S/C22H24N4O4/c1-2-22(12-11-18(27)26-20(22)29)16-7-9-17(10-8-16)25-19(28)15-5-3-14(4-6-15)13-24-21(23)30/h3-10H,2,11-13H2,1H3,(H,25,28)(H3,23,24,30)(H,26,27,29). The first-order chi connectivity index (χ1) is 14.3. The molecule has 0 spiro atoms. The van der Waals surface area contributed by atoms with Crippen LogP contribution in [0.4, 0.5) is 10.5 Å². The van der Waals surface area contributed by atoms with Gasteiger partial charge in [-0.3, -0.25) is 19.7 Å². The Hall–Kier alpha value is -3.68. The molecule has 2 aromatic carbocycles. The van der Waals surface area contributed by atoms with Crippen molar-refractivity contribution < 1.29 is 19.2 Å². The number of benzene rings is 2. The number of nitrogens with two attached hydrogens (primary N) is 1. The minimum atomic E-state index is -0.731. The fraction of sp³-hybridized carbons (Fsp3) is 0.273. The van der Waals surface area contributed by atoms with Gasteiger partial charge in [0.25, 0.3) is 5.91 Å². The molecule has 5 amide bonds. The van der Waals surface area contributed by atoms with Crippen molar-refractivity contribution in [1.82, 2.24) is 10.6 Å². The van der Waals surface area contributed by atoms with E-state index in [-0.39, 0.29) is 24.3 Å². The van der Waals surface area contributed by atoms with Gasteiger partial charge in [0.1, 0.15) is 0 Å². The van der Waals surface area contributed by atoms with Crippen LogP contribution in [0.15, 0.2) is 48.5 Å². The maximum atomic E-state index is 12.5. The van der Waals surface area contributed by atoms with Gasteiger partial charge >= 0.3 is 6.03 Å². The number of nitrogens with one attached hydrogen (secondary N) is 3. The fourth-order valence-corrected chi connectivity index (χ4v) is 3.61. The monoisotopic (exact) mass is 408 g/mol. The summed E-state index contributed by atoms with van der Waals surface area (Å²) in [6.07, 6.45) is 1.36. The number of carbonyl (C=O) groups excluding carboxylic acids is 4. The number of anilines is 1. The number of amides is 5. The van der Waals surface area contributed by atoms with Gasteiger partial charge in [0, 0.05) is 24.2 Å². The maximum absolute atomic E-state index is 12.5. The largest absolute Gasteiger partial charge is 0.352 e. The molecule has 0 radical (unpaired) electrons. The third kappa shape index (κ3) is 4.48. The highest BCUT2D eigenvalue weighted by atomic mass is 16.2. The number of piperidine rings is 1. The quantitative estimate of drug-likeness (QED) is 0.546. The second-order valence-electron chi connectivity index (χ2n) is 7.26. The zero-order valence-electron chi connectivity index (χ0n) is 16.7. The van der Waals surface area contributed by atoms with Crippen molar-refractivity contribution in [3.05, 3.63) is 65.2 Å². The van der Waals surface area contributed by atoms with E-state index in [1.54, 1.807) is 36.4 Å². The van der Waals surface area contributed by atoms with Gasteiger partial charge < -0.3 is 16.4 Å². The Bertz CT molecular complexity index is 970. The first kappa shape index (κ1) is 21.0. The Kier molecular flexibility index (Phi) is 6.15. The Morgan fingerprint density at radius 1 is 1.07 bits per heavy atom. The lowest BCUT2D eigenvalue weighted by atomic mass is 9.72. The van der Waals surface area contributed by atoms with Crippen molar-refractivity contribution in [1.29, 1.82) is 0 Å². The van der Waals surface area contributed by atoms with Crippen LogP contribution >= 0.6 is 0 Å². The predicted octanol–water partition coefficient (Wildman–Crippen LogP) is 2.19. The summed E-state index contributed by atoms with van der Waals surface area (Å²) in [6, 6.07) is 13.3. The molecule has 1 aliphatic heterocycles. The van der Waals surface area contributed by atoms with E-state index in [1.165, 1.54) is 0 Å². The average molecular weight is 408 g/mol. The summed E-state index contributed by atoms with van der Waals surface area (Å²) in [5.74, 6) is -0.795. The SMILES string of the molecule is CCC1(c2ccc(NC(=O)c3ccc(CNC(N)=O)cc3)cc2)CCC(=O)NC1=O. The molecule has 156 valence electrons. The van der Waals surface area contributed by atoms with E-state index in [1.807, 2.05) is 19.1 Å². The lowest BCUT2D eigenvalue weighted by Gasteiger charge is -2.35. The summed E-state index contributed by atoms with van der Waals surface area (Å²) < 4.78 is 0. The molecule has 0 aliphatic carbocycles. The summed E-state index contributed by atoms with van der Waals surface area (Å²) in [5, 5.41) is 7.74. The van der Waals surface area contributed by atoms with Crippen molar-refractivity contribution in [3.8, 4) is 0 Å². The van der Waals surface area contributed by atoms with Gasteiger partial charge in [-0.05, 0) is 48.2 Å². The van der Waals surface area contributed by atoms with Crippen LogP contribution in [0.1, 0.15) is 47.7 Å². The van der Waals surface area contributed by atoms with Crippen LogP contribution < -0.4 is 21.7 Å². The number of urea groups is 1. The third-order valence-corrected chi connectivity index (χ3v) is 5.45. The maximum Gasteiger partial charge on any atom is 0.312 e. The molecule has 0 saturated carbocycles. The molecule has 5 N–H and O–H groups in total. The van der Waals surface area contributed by atoms with Gasteiger partial charge in [-0.2, -0.15) is 0 Å². The number of imide groups is 1. The minimum absolute atomic E-state index is 0.246. The highest BCUT2D eigenvalue weighted by molar-refractivity contribution is 6.05. The summed E-state index contributed by atoms with van der Waals surface area (Å²) in [6.45, 7) is 2.21. The van der Waals surface area contributed by atoms with E-state index >= 15 is 0 Å². The van der Waals surface area contributed by atoms with Gasteiger partial charge in [0.15, 0.2) is 0 Å². The Labute approximate surface area is 174 Å². The zero-order valence-corrected chi connectivity index (χ0v) is 16.7. The van der Waals surface area contributed by atoms with Crippen molar-refractivity contribution in [2.45, 2.75) is 38.1 Å². The van der Waals surface area contributed by atoms with Crippen LogP contribution in [0.5, 0.6) is 0 Å². The molecule has 1 fully saturated rings. The number of hydrogen-bond acceptors (Lipinski definition) is 4. The molecule has 2 aromatic rings. The Balaban J connectivity index is 1.68. The van der Waals surface area contributed by atoms with E-state index in [0.717, 1.165) is 11.1 Å². The van der Waals surface area contributed by atoms with Crippen molar-refractivity contribution in [2.24, 2.45) is 5.73 Å². The first-order valence-electron chi connectivity index (χ1n) is 9.72. The number of rotatable bonds is 6. The van der Waals surface area contributed by atoms with Gasteiger partial charge in [0.05, 0.1) is 5.41 Å². The number of carbonyl (C=O) groups is 4. The van der Waals surface area contributed by atoms with E-state index in [0.29, 0.717) is 30.5 Å². The van der Waals surface area contributed by atoms with Crippen LogP contribution in [0.3, 0.4) is 0 Å². The highest BCUT2D eigenvalue weighted by Gasteiger charge is 2.42. The van der Waals surface area contributed by atoms with Crippen molar-refractivity contribution in [2.75, 3.05) is 5.32 Å². The second kappa shape index (κ2) is 8.77. The lowest BCUT2D eigenvalue weighted by Crippen LogP contribution is -2.51. The van der Waals surface area contributed by atoms with E-state index in [4.69, 9.17) is 5.73 Å². The summed E-state index contributed by atoms with van der Waals surface area (Å²) >= 11 is 0. The second-order valence-corrected chi connectivity index (χ2v) is 7.26. The number of primary amides is 1. The summed E-state index contributed by atoms with van der Waals surface area (Å²) in [7, 11) is 0. The molecular weight excluding hydrogens is 384 g/mol. The van der Waals surface area contributed by atoms with Crippen molar-refractivity contribution >= 4 is 29.4 Å². The molecule has 8 heteroatoms. The van der Waals surface area contributed by atoms with E-state index < -0.39 is 11.4 Å². The molecule has 3 rings (SSSR count). The van der Waals surface area contributed by atoms with Crippen LogP contribution in [-0.2, 0) is 21.5 Å². The Morgan fingerprint density at radius 3 is 2.30 bits per heavy atom. The zero-order chi connectivity index (χ0) is 21.7. The summed E-state index contributed by atoms with van der Waals surface area (Å²) in [4.78, 5) is 47.2. The van der Waals surface area contributed by atoms with Crippen molar-refractivity contribution in [3.63, 3.8) is 0 Å². The van der Waals surface area contributed by atoms with Crippen LogP contribution in [0.25, 0.3) is 0 Å². The highest BCUT2D eigenvalue weighted by Crippen LogP contribution is 2.36. The molecule has 1 aliphatic rings. The van der Waals surface area contributed by atoms with E-state index in [9.17, 15) is 19.2 Å². The normalized spacial score (nSPS) is 18.4. The third-order valence-electron chi connectivity index (χ3n) is 5.45. The fourth-order valence-electron chi connectivity index (χ4n) is 3.61.